The normalized spacial score (nSPS) is 14.3. The van der Waals surface area contributed by atoms with Crippen LogP contribution in [0.4, 0.5) is 11.4 Å². The van der Waals surface area contributed by atoms with Crippen LogP contribution >= 0.6 is 0 Å². The average molecular weight is 338 g/mol. The van der Waals surface area contributed by atoms with Crippen molar-refractivity contribution in [2.45, 2.75) is 12.6 Å². The molecule has 4 rings (SSSR count). The lowest BCUT2D eigenvalue weighted by molar-refractivity contribution is -0.385. The molecule has 0 saturated carbocycles. The molecule has 8 nitrogen and oxygen atoms in total. The quantitative estimate of drug-likeness (QED) is 0.566. The highest BCUT2D eigenvalue weighted by atomic mass is 16.6. The van der Waals surface area contributed by atoms with E-state index in [1.54, 1.807) is 11.0 Å². The number of amides is 1. The maximum Gasteiger partial charge on any atom is 0.306 e. The van der Waals surface area contributed by atoms with E-state index in [1.165, 1.54) is 10.9 Å². The average Bonchev–Trinajstić information content (AvgIpc) is 3.16. The van der Waals surface area contributed by atoms with Gasteiger partial charge in [0, 0.05) is 10.9 Å². The second kappa shape index (κ2) is 5.67. The molecule has 0 bridgehead atoms. The lowest BCUT2D eigenvalue weighted by Crippen LogP contribution is -2.37. The summed E-state index contributed by atoms with van der Waals surface area (Å²) in [5.41, 5.74) is 1.25. The number of aliphatic hydroxyl groups is 1. The molecule has 126 valence electrons. The Kier molecular flexibility index (Phi) is 3.47. The zero-order valence-electron chi connectivity index (χ0n) is 13.1. The van der Waals surface area contributed by atoms with Crippen molar-refractivity contribution in [3.05, 3.63) is 64.5 Å². The van der Waals surface area contributed by atoms with Gasteiger partial charge in [-0.2, -0.15) is 5.10 Å². The fraction of sp³-hybridized carbons (Fsp3) is 0.176. The van der Waals surface area contributed by atoms with Crippen LogP contribution in [0.2, 0.25) is 0 Å². The Labute approximate surface area is 142 Å². The molecule has 0 unspecified atom stereocenters. The molecule has 0 saturated heterocycles. The zero-order valence-corrected chi connectivity index (χ0v) is 13.1. The molecular formula is C17H14N4O4. The minimum absolute atomic E-state index is 0.0595. The van der Waals surface area contributed by atoms with Gasteiger partial charge >= 0.3 is 5.69 Å². The number of aromatic nitrogens is 2. The maximum absolute atomic E-state index is 12.7. The summed E-state index contributed by atoms with van der Waals surface area (Å²) in [6, 6.07) is 11.2. The molecule has 1 aliphatic heterocycles. The third kappa shape index (κ3) is 2.52. The lowest BCUT2D eigenvalue weighted by Gasteiger charge is -2.21. The topological polar surface area (TPSA) is 102 Å². The first-order valence-corrected chi connectivity index (χ1v) is 7.73. The van der Waals surface area contributed by atoms with Crippen LogP contribution in [0.25, 0.3) is 10.8 Å². The van der Waals surface area contributed by atoms with Crippen LogP contribution in [0.15, 0.2) is 48.8 Å². The number of β-amino-alcohol motifs (C(OH)–C–C–N with tert-alkyl or cyclic N) is 1. The molecule has 0 spiro atoms. The fourth-order valence-corrected chi connectivity index (χ4v) is 3.19. The Bertz CT molecular complexity index is 992. The minimum Gasteiger partial charge on any atom is -0.389 e. The number of anilines is 1. The van der Waals surface area contributed by atoms with Crippen molar-refractivity contribution in [1.82, 2.24) is 9.78 Å². The van der Waals surface area contributed by atoms with Gasteiger partial charge in [-0.25, -0.2) is 0 Å². The monoisotopic (exact) mass is 338 g/mol. The third-order valence-electron chi connectivity index (χ3n) is 4.27. The minimum atomic E-state index is -0.909. The number of nitro groups is 1. The summed E-state index contributed by atoms with van der Waals surface area (Å²) in [5.74, 6) is -0.155. The van der Waals surface area contributed by atoms with Crippen molar-refractivity contribution < 1.29 is 14.8 Å². The zero-order chi connectivity index (χ0) is 17.6. The molecule has 1 amide bonds. The summed E-state index contributed by atoms with van der Waals surface area (Å²) >= 11 is 0. The number of rotatable bonds is 5. The van der Waals surface area contributed by atoms with Crippen molar-refractivity contribution in [3.8, 4) is 0 Å². The van der Waals surface area contributed by atoms with Gasteiger partial charge in [0.25, 0.3) is 5.91 Å². The first-order chi connectivity index (χ1) is 12.0. The summed E-state index contributed by atoms with van der Waals surface area (Å²) < 4.78 is 1.30. The number of aliphatic hydroxyl groups excluding tert-OH is 1. The Morgan fingerprint density at radius 3 is 2.68 bits per heavy atom. The number of benzene rings is 2. The van der Waals surface area contributed by atoms with Gasteiger partial charge in [-0.05, 0) is 17.5 Å². The van der Waals surface area contributed by atoms with E-state index in [1.807, 2.05) is 30.3 Å². The van der Waals surface area contributed by atoms with Gasteiger partial charge in [0.2, 0.25) is 0 Å². The summed E-state index contributed by atoms with van der Waals surface area (Å²) in [7, 11) is 0. The second-order valence-electron chi connectivity index (χ2n) is 5.93. The van der Waals surface area contributed by atoms with E-state index in [-0.39, 0.29) is 24.7 Å². The van der Waals surface area contributed by atoms with E-state index < -0.39 is 11.0 Å². The number of carbonyl (C=O) groups excluding carboxylic acids is 1. The summed E-state index contributed by atoms with van der Waals surface area (Å²) in [6.45, 7) is 0.143. The van der Waals surface area contributed by atoms with Gasteiger partial charge in [0.15, 0.2) is 0 Å². The third-order valence-corrected chi connectivity index (χ3v) is 4.27. The fourth-order valence-electron chi connectivity index (χ4n) is 3.19. The molecule has 3 aromatic rings. The van der Waals surface area contributed by atoms with Gasteiger partial charge in [-0.3, -0.25) is 19.6 Å². The van der Waals surface area contributed by atoms with E-state index in [0.717, 1.165) is 22.7 Å². The molecule has 1 N–H and O–H groups in total. The Morgan fingerprint density at radius 1 is 1.20 bits per heavy atom. The standard InChI is InChI=1S/C17H14N4O4/c22-13(9-19-8-12(7-18-19)21(24)25)10-20-15-6-2-4-11-3-1-5-14(16(11)15)17(20)23/h1-8,13,22H,9-10H2/t13-/m1/s1. The smallest absolute Gasteiger partial charge is 0.306 e. The van der Waals surface area contributed by atoms with E-state index in [2.05, 4.69) is 5.10 Å². The molecule has 1 aromatic heterocycles. The molecule has 0 fully saturated rings. The van der Waals surface area contributed by atoms with Gasteiger partial charge < -0.3 is 10.0 Å². The summed E-state index contributed by atoms with van der Waals surface area (Å²) in [4.78, 5) is 24.4. The maximum atomic E-state index is 12.7. The van der Waals surface area contributed by atoms with E-state index in [4.69, 9.17) is 0 Å². The van der Waals surface area contributed by atoms with Crippen LogP contribution in [0.5, 0.6) is 0 Å². The van der Waals surface area contributed by atoms with Gasteiger partial charge in [-0.15, -0.1) is 0 Å². The lowest BCUT2D eigenvalue weighted by atomic mass is 10.1. The number of nitrogens with zero attached hydrogens (tertiary/aromatic N) is 4. The molecular weight excluding hydrogens is 324 g/mol. The van der Waals surface area contributed by atoms with Crippen molar-refractivity contribution in [1.29, 1.82) is 0 Å². The second-order valence-corrected chi connectivity index (χ2v) is 5.93. The van der Waals surface area contributed by atoms with Crippen LogP contribution < -0.4 is 4.90 Å². The highest BCUT2D eigenvalue weighted by Gasteiger charge is 2.30. The van der Waals surface area contributed by atoms with Crippen LogP contribution in [0.1, 0.15) is 10.4 Å². The highest BCUT2D eigenvalue weighted by molar-refractivity contribution is 6.25. The van der Waals surface area contributed by atoms with Gasteiger partial charge in [0.05, 0.1) is 29.8 Å². The Balaban J connectivity index is 1.56. The van der Waals surface area contributed by atoms with Gasteiger partial charge in [0.1, 0.15) is 12.4 Å². The first kappa shape index (κ1) is 15.3. The molecule has 25 heavy (non-hydrogen) atoms. The molecule has 2 aromatic carbocycles. The van der Waals surface area contributed by atoms with E-state index in [0.29, 0.717) is 5.56 Å². The van der Waals surface area contributed by atoms with Crippen molar-refractivity contribution >= 4 is 28.1 Å². The predicted molar refractivity (Wildman–Crippen MR) is 90.5 cm³/mol. The number of carbonyl (C=O) groups is 1. The first-order valence-electron chi connectivity index (χ1n) is 7.73. The van der Waals surface area contributed by atoms with E-state index >= 15 is 0 Å². The van der Waals surface area contributed by atoms with Gasteiger partial charge in [-0.1, -0.05) is 24.3 Å². The molecule has 1 aliphatic rings. The Hall–Kier alpha value is -3.26. The van der Waals surface area contributed by atoms with Crippen LogP contribution in [-0.2, 0) is 6.54 Å². The summed E-state index contributed by atoms with van der Waals surface area (Å²) in [6.07, 6.45) is 1.47. The van der Waals surface area contributed by atoms with Crippen LogP contribution in [0, 0.1) is 10.1 Å². The molecule has 8 heteroatoms. The Morgan fingerprint density at radius 2 is 1.96 bits per heavy atom. The van der Waals surface area contributed by atoms with Crippen LogP contribution in [-0.4, -0.2) is 38.4 Å². The molecule has 1 atom stereocenters. The van der Waals surface area contributed by atoms with Crippen molar-refractivity contribution in [2.24, 2.45) is 0 Å². The predicted octanol–water partition coefficient (Wildman–Crippen LogP) is 1.97. The molecule has 0 radical (unpaired) electrons. The number of hydrogen-bond donors (Lipinski definition) is 1. The van der Waals surface area contributed by atoms with Crippen molar-refractivity contribution in [3.63, 3.8) is 0 Å². The van der Waals surface area contributed by atoms with Crippen LogP contribution in [0.3, 0.4) is 0 Å². The molecule has 0 aliphatic carbocycles. The largest absolute Gasteiger partial charge is 0.389 e. The van der Waals surface area contributed by atoms with Crippen molar-refractivity contribution in [2.75, 3.05) is 11.4 Å². The number of hydrogen-bond acceptors (Lipinski definition) is 5. The summed E-state index contributed by atoms with van der Waals surface area (Å²) in [5, 5.41) is 26.8. The SMILES string of the molecule is O=C1c2cccc3cccc(c23)N1C[C@H](O)Cn1cc([N+](=O)[O-])cn1. The molecule has 2 heterocycles. The highest BCUT2D eigenvalue weighted by Crippen LogP contribution is 2.37. The van der Waals surface area contributed by atoms with E-state index in [9.17, 15) is 20.0 Å².